The number of nitrogens with one attached hydrogen (secondary N) is 3. The van der Waals surface area contributed by atoms with Gasteiger partial charge in [0.2, 0.25) is 0 Å². The second-order valence-corrected chi connectivity index (χ2v) is 9.88. The molecule has 0 fully saturated rings. The minimum Gasteiger partial charge on any atom is -0.493 e. The Kier molecular flexibility index (Phi) is 8.93. The molecule has 8 nitrogen and oxygen atoms in total. The van der Waals surface area contributed by atoms with Crippen LogP contribution in [0.5, 0.6) is 11.5 Å². The number of rotatable bonds is 11. The maximum Gasteiger partial charge on any atom is 0.324 e. The number of pyridine rings is 1. The summed E-state index contributed by atoms with van der Waals surface area (Å²) in [5.74, 6) is 0.929. The van der Waals surface area contributed by atoms with E-state index in [1.165, 1.54) is 47.4 Å². The molecule has 0 bridgehead atoms. The number of amides is 2. The standard InChI is InChI=1S/C25H26FN5O3S2/c1-3-27-10-4-12-34-21-14-19-18(13-20(21)33-2)22(9-11-28-19)35-25-29-15-23(36-25)31-24(32)30-17-7-5-16(26)6-8-17/h5-9,11,13-15,27H,3-4,10,12H2,1-2H3,(H2,30,31,32). The van der Waals surface area contributed by atoms with Crippen LogP contribution in [0.25, 0.3) is 10.9 Å². The molecule has 2 aromatic heterocycles. The first-order chi connectivity index (χ1) is 17.6. The van der Waals surface area contributed by atoms with Gasteiger partial charge in [0, 0.05) is 28.2 Å². The maximum atomic E-state index is 13.0. The number of carbonyl (C=O) groups excluding carboxylic acids is 1. The van der Waals surface area contributed by atoms with Crippen LogP contribution >= 0.6 is 23.1 Å². The zero-order chi connectivity index (χ0) is 25.3. The number of hydrogen-bond acceptors (Lipinski definition) is 8. The number of hydrogen-bond donors (Lipinski definition) is 3. The summed E-state index contributed by atoms with van der Waals surface area (Å²) in [6.07, 6.45) is 4.23. The molecule has 2 aromatic carbocycles. The quantitative estimate of drug-likeness (QED) is 0.205. The number of halogens is 1. The minimum atomic E-state index is -0.432. The largest absolute Gasteiger partial charge is 0.493 e. The molecule has 0 saturated carbocycles. The molecular weight excluding hydrogens is 501 g/mol. The molecule has 4 rings (SSSR count). The number of benzene rings is 2. The Balaban J connectivity index is 1.43. The molecule has 188 valence electrons. The van der Waals surface area contributed by atoms with E-state index in [2.05, 4.69) is 32.8 Å². The normalized spacial score (nSPS) is 10.9. The number of anilines is 2. The third kappa shape index (κ3) is 6.84. The molecule has 2 heterocycles. The zero-order valence-corrected chi connectivity index (χ0v) is 21.5. The van der Waals surface area contributed by atoms with Crippen molar-refractivity contribution in [2.24, 2.45) is 0 Å². The summed E-state index contributed by atoms with van der Waals surface area (Å²) >= 11 is 2.82. The minimum absolute atomic E-state index is 0.366. The van der Waals surface area contributed by atoms with Crippen molar-refractivity contribution in [2.75, 3.05) is 37.4 Å². The second-order valence-electron chi connectivity index (χ2n) is 7.56. The monoisotopic (exact) mass is 527 g/mol. The Hall–Kier alpha value is -3.41. The van der Waals surface area contributed by atoms with Crippen molar-refractivity contribution < 1.29 is 18.7 Å². The molecule has 0 saturated heterocycles. The van der Waals surface area contributed by atoms with E-state index < -0.39 is 6.03 Å². The van der Waals surface area contributed by atoms with Gasteiger partial charge in [0.15, 0.2) is 15.8 Å². The van der Waals surface area contributed by atoms with Crippen LogP contribution in [0.1, 0.15) is 13.3 Å². The van der Waals surface area contributed by atoms with Gasteiger partial charge < -0.3 is 20.1 Å². The molecular formula is C25H26FN5O3S2. The number of nitrogens with zero attached hydrogens (tertiary/aromatic N) is 2. The van der Waals surface area contributed by atoms with E-state index in [0.29, 0.717) is 28.8 Å². The number of thiazole rings is 1. The Morgan fingerprint density at radius 1 is 1.11 bits per heavy atom. The number of methoxy groups -OCH3 is 1. The zero-order valence-electron chi connectivity index (χ0n) is 19.8. The van der Waals surface area contributed by atoms with E-state index in [0.717, 1.165) is 39.6 Å². The van der Waals surface area contributed by atoms with Crippen molar-refractivity contribution in [3.8, 4) is 11.5 Å². The Morgan fingerprint density at radius 3 is 2.72 bits per heavy atom. The molecule has 36 heavy (non-hydrogen) atoms. The SMILES string of the molecule is CCNCCCOc1cc2nccc(Sc3ncc(NC(=O)Nc4ccc(F)cc4)s3)c2cc1OC. The first kappa shape index (κ1) is 25.7. The lowest BCUT2D eigenvalue weighted by molar-refractivity contribution is 0.262. The van der Waals surface area contributed by atoms with Crippen LogP contribution < -0.4 is 25.4 Å². The summed E-state index contributed by atoms with van der Waals surface area (Å²) in [7, 11) is 1.62. The molecule has 11 heteroatoms. The summed E-state index contributed by atoms with van der Waals surface area (Å²) in [5.41, 5.74) is 1.28. The van der Waals surface area contributed by atoms with E-state index >= 15 is 0 Å². The lowest BCUT2D eigenvalue weighted by Gasteiger charge is -2.13. The van der Waals surface area contributed by atoms with Gasteiger partial charge >= 0.3 is 6.03 Å². The van der Waals surface area contributed by atoms with Crippen LogP contribution in [0.3, 0.4) is 0 Å². The number of ether oxygens (including phenoxy) is 2. The highest BCUT2D eigenvalue weighted by Crippen LogP contribution is 2.40. The first-order valence-electron chi connectivity index (χ1n) is 11.3. The predicted octanol–water partition coefficient (Wildman–Crippen LogP) is 6.01. The van der Waals surface area contributed by atoms with Crippen LogP contribution in [0.4, 0.5) is 19.9 Å². The molecule has 0 aliphatic carbocycles. The molecule has 0 unspecified atom stereocenters. The van der Waals surface area contributed by atoms with Crippen molar-refractivity contribution >= 4 is 50.7 Å². The van der Waals surface area contributed by atoms with Crippen LogP contribution in [-0.2, 0) is 0 Å². The molecule has 0 aliphatic rings. The van der Waals surface area contributed by atoms with Crippen molar-refractivity contribution in [1.29, 1.82) is 0 Å². The van der Waals surface area contributed by atoms with Gasteiger partial charge in [-0.05, 0) is 55.9 Å². The average Bonchev–Trinajstić information content (AvgIpc) is 3.31. The van der Waals surface area contributed by atoms with Crippen molar-refractivity contribution in [3.05, 3.63) is 60.7 Å². The Bertz CT molecular complexity index is 1320. The Labute approximate surface area is 216 Å². The molecule has 2 amide bonds. The molecule has 0 radical (unpaired) electrons. The fraction of sp³-hybridized carbons (Fsp3) is 0.240. The molecule has 4 aromatic rings. The fourth-order valence-electron chi connectivity index (χ4n) is 3.31. The van der Waals surface area contributed by atoms with E-state index in [-0.39, 0.29) is 5.82 Å². The molecule has 0 atom stereocenters. The van der Waals surface area contributed by atoms with Gasteiger partial charge in [-0.25, -0.2) is 14.2 Å². The summed E-state index contributed by atoms with van der Waals surface area (Å²) < 4.78 is 25.3. The van der Waals surface area contributed by atoms with Crippen molar-refractivity contribution in [2.45, 2.75) is 22.6 Å². The molecule has 3 N–H and O–H groups in total. The van der Waals surface area contributed by atoms with E-state index in [9.17, 15) is 9.18 Å². The third-order valence-corrected chi connectivity index (χ3v) is 7.08. The first-order valence-corrected chi connectivity index (χ1v) is 13.0. The lowest BCUT2D eigenvalue weighted by atomic mass is 10.2. The second kappa shape index (κ2) is 12.5. The summed E-state index contributed by atoms with van der Waals surface area (Å²) in [5, 5.41) is 10.2. The van der Waals surface area contributed by atoms with Gasteiger partial charge in [-0.15, -0.1) is 0 Å². The van der Waals surface area contributed by atoms with Gasteiger partial charge in [-0.1, -0.05) is 30.0 Å². The van der Waals surface area contributed by atoms with Gasteiger partial charge in [0.25, 0.3) is 0 Å². The van der Waals surface area contributed by atoms with E-state index in [1.807, 2.05) is 18.2 Å². The van der Waals surface area contributed by atoms with Crippen molar-refractivity contribution in [1.82, 2.24) is 15.3 Å². The van der Waals surface area contributed by atoms with Crippen molar-refractivity contribution in [3.63, 3.8) is 0 Å². The molecule has 0 spiro atoms. The average molecular weight is 528 g/mol. The highest BCUT2D eigenvalue weighted by molar-refractivity contribution is 8.01. The van der Waals surface area contributed by atoms with Gasteiger partial charge in [-0.2, -0.15) is 0 Å². The molecule has 0 aliphatic heterocycles. The Morgan fingerprint density at radius 2 is 1.94 bits per heavy atom. The smallest absolute Gasteiger partial charge is 0.324 e. The number of urea groups is 1. The highest BCUT2D eigenvalue weighted by Gasteiger charge is 2.14. The fourth-order valence-corrected chi connectivity index (χ4v) is 5.25. The van der Waals surface area contributed by atoms with Gasteiger partial charge in [0.05, 0.1) is 25.4 Å². The van der Waals surface area contributed by atoms with Gasteiger partial charge in [0.1, 0.15) is 10.8 Å². The third-order valence-electron chi connectivity index (χ3n) is 5.01. The lowest BCUT2D eigenvalue weighted by Crippen LogP contribution is -2.18. The number of aromatic nitrogens is 2. The van der Waals surface area contributed by atoms with Crippen LogP contribution in [0.2, 0.25) is 0 Å². The summed E-state index contributed by atoms with van der Waals surface area (Å²) in [6, 6.07) is 10.8. The number of carbonyl (C=O) groups is 1. The topological polar surface area (TPSA) is 97.4 Å². The van der Waals surface area contributed by atoms with E-state index in [1.54, 1.807) is 19.5 Å². The van der Waals surface area contributed by atoms with E-state index in [4.69, 9.17) is 9.47 Å². The summed E-state index contributed by atoms with van der Waals surface area (Å²) in [6.45, 7) is 4.48. The highest BCUT2D eigenvalue weighted by atomic mass is 32.2. The number of fused-ring (bicyclic) bond motifs is 1. The predicted molar refractivity (Wildman–Crippen MR) is 142 cm³/mol. The van der Waals surface area contributed by atoms with Crippen LogP contribution in [-0.4, -0.2) is 42.8 Å². The summed E-state index contributed by atoms with van der Waals surface area (Å²) in [4.78, 5) is 22.1. The van der Waals surface area contributed by atoms with Crippen LogP contribution in [0.15, 0.2) is 64.1 Å². The van der Waals surface area contributed by atoms with Gasteiger partial charge in [-0.3, -0.25) is 10.3 Å². The van der Waals surface area contributed by atoms with Crippen LogP contribution in [0, 0.1) is 5.82 Å². The maximum absolute atomic E-state index is 13.0.